The minimum atomic E-state index is 0. The standard InChI is InChI=1S/C8H18O.K/c1-2-3-4-5-6-7-8-9;/h9H,2-8H2,1H3;. The normalized spacial score (nSPS) is 9.00. The molecule has 0 unspecified atom stereocenters. The van der Waals surface area contributed by atoms with Gasteiger partial charge in [0.1, 0.15) is 0 Å². The second kappa shape index (κ2) is 13.2. The topological polar surface area (TPSA) is 20.2 Å². The van der Waals surface area contributed by atoms with Crippen LogP contribution in [0.15, 0.2) is 0 Å². The molecule has 0 amide bonds. The molecule has 0 aromatic rings. The predicted molar refractivity (Wildman–Crippen MR) is 46.2 cm³/mol. The van der Waals surface area contributed by atoms with E-state index in [0.29, 0.717) is 6.61 Å². The van der Waals surface area contributed by atoms with Gasteiger partial charge >= 0.3 is 0 Å². The van der Waals surface area contributed by atoms with E-state index in [1.54, 1.807) is 0 Å². The Kier molecular flexibility index (Phi) is 18.7. The molecule has 0 bridgehead atoms. The molecule has 0 aromatic carbocycles. The van der Waals surface area contributed by atoms with Crippen LogP contribution in [0.4, 0.5) is 0 Å². The fourth-order valence-corrected chi connectivity index (χ4v) is 0.892. The van der Waals surface area contributed by atoms with Gasteiger partial charge in [0, 0.05) is 58.0 Å². The van der Waals surface area contributed by atoms with Crippen LogP contribution < -0.4 is 0 Å². The van der Waals surface area contributed by atoms with E-state index in [1.165, 1.54) is 32.1 Å². The fourth-order valence-electron chi connectivity index (χ4n) is 0.892. The van der Waals surface area contributed by atoms with E-state index in [-0.39, 0.29) is 51.4 Å². The molecule has 10 heavy (non-hydrogen) atoms. The summed E-state index contributed by atoms with van der Waals surface area (Å²) < 4.78 is 0. The Morgan fingerprint density at radius 1 is 0.900 bits per heavy atom. The number of unbranched alkanes of at least 4 members (excludes halogenated alkanes) is 5. The van der Waals surface area contributed by atoms with Crippen molar-refractivity contribution in [2.75, 3.05) is 6.61 Å². The van der Waals surface area contributed by atoms with Gasteiger partial charge in [-0.15, -0.1) is 0 Å². The van der Waals surface area contributed by atoms with E-state index in [0.717, 1.165) is 6.42 Å². The van der Waals surface area contributed by atoms with Crippen LogP contribution in [0.5, 0.6) is 0 Å². The average molecular weight is 169 g/mol. The second-order valence-corrected chi connectivity index (χ2v) is 2.49. The van der Waals surface area contributed by atoms with Crippen LogP contribution in [0, 0.1) is 0 Å². The van der Waals surface area contributed by atoms with Crippen LogP contribution in [0.3, 0.4) is 0 Å². The summed E-state index contributed by atoms with van der Waals surface area (Å²) in [7, 11) is 0. The molecule has 1 nitrogen and oxygen atoms in total. The first-order valence-electron chi connectivity index (χ1n) is 4.02. The van der Waals surface area contributed by atoms with E-state index >= 15 is 0 Å². The molecule has 0 aliphatic rings. The van der Waals surface area contributed by atoms with Gasteiger partial charge in [-0.05, 0) is 6.42 Å². The summed E-state index contributed by atoms with van der Waals surface area (Å²) in [5.74, 6) is 0. The van der Waals surface area contributed by atoms with E-state index < -0.39 is 0 Å². The van der Waals surface area contributed by atoms with Crippen LogP contribution in [0.2, 0.25) is 0 Å². The van der Waals surface area contributed by atoms with Gasteiger partial charge in [0.25, 0.3) is 0 Å². The zero-order valence-electron chi connectivity index (χ0n) is 7.40. The second-order valence-electron chi connectivity index (χ2n) is 2.49. The summed E-state index contributed by atoms with van der Waals surface area (Å²) >= 11 is 0. The zero-order chi connectivity index (χ0) is 6.95. The van der Waals surface area contributed by atoms with Gasteiger partial charge in [-0.2, -0.15) is 0 Å². The summed E-state index contributed by atoms with van der Waals surface area (Å²) in [4.78, 5) is 0. The molecule has 0 aliphatic heterocycles. The van der Waals surface area contributed by atoms with Gasteiger partial charge in [0.05, 0.1) is 0 Å². The van der Waals surface area contributed by atoms with Gasteiger partial charge in [0.15, 0.2) is 0 Å². The molecular formula is C8H18KO. The van der Waals surface area contributed by atoms with E-state index in [2.05, 4.69) is 6.92 Å². The summed E-state index contributed by atoms with van der Waals surface area (Å²) in [6, 6.07) is 0. The van der Waals surface area contributed by atoms with Crippen LogP contribution >= 0.6 is 0 Å². The van der Waals surface area contributed by atoms with Crippen LogP contribution in [-0.4, -0.2) is 63.1 Å². The molecule has 0 heterocycles. The molecule has 0 saturated carbocycles. The van der Waals surface area contributed by atoms with Crippen molar-refractivity contribution < 1.29 is 5.11 Å². The smallest absolute Gasteiger partial charge is 0.0431 e. The molecule has 0 atom stereocenters. The molecule has 2 heteroatoms. The van der Waals surface area contributed by atoms with Crippen LogP contribution in [0.1, 0.15) is 45.4 Å². The van der Waals surface area contributed by atoms with Crippen molar-refractivity contribution in [1.82, 2.24) is 0 Å². The molecular weight excluding hydrogens is 151 g/mol. The van der Waals surface area contributed by atoms with Gasteiger partial charge in [-0.1, -0.05) is 39.0 Å². The zero-order valence-corrected chi connectivity index (χ0v) is 10.5. The Morgan fingerprint density at radius 3 is 1.90 bits per heavy atom. The molecule has 0 aromatic heterocycles. The van der Waals surface area contributed by atoms with Gasteiger partial charge in [-0.3, -0.25) is 0 Å². The number of rotatable bonds is 6. The Balaban J connectivity index is 0. The molecule has 1 N–H and O–H groups in total. The largest absolute Gasteiger partial charge is 0.396 e. The Morgan fingerprint density at radius 2 is 1.40 bits per heavy atom. The molecule has 0 saturated heterocycles. The van der Waals surface area contributed by atoms with Gasteiger partial charge in [0.2, 0.25) is 0 Å². The minimum Gasteiger partial charge on any atom is -0.396 e. The number of hydrogen-bond acceptors (Lipinski definition) is 1. The number of aliphatic hydroxyl groups excluding tert-OH is 1. The maximum Gasteiger partial charge on any atom is 0.0431 e. The molecule has 0 aliphatic carbocycles. The summed E-state index contributed by atoms with van der Waals surface area (Å²) in [6.07, 6.45) is 7.50. The molecule has 1 radical (unpaired) electrons. The molecule has 0 rings (SSSR count). The Labute approximate surface area is 107 Å². The van der Waals surface area contributed by atoms with E-state index in [4.69, 9.17) is 5.11 Å². The van der Waals surface area contributed by atoms with Gasteiger partial charge in [-0.25, -0.2) is 0 Å². The van der Waals surface area contributed by atoms with Crippen molar-refractivity contribution in [2.24, 2.45) is 0 Å². The molecule has 0 fully saturated rings. The van der Waals surface area contributed by atoms with E-state index in [9.17, 15) is 0 Å². The SMILES string of the molecule is CCCCCCCCO.[K]. The summed E-state index contributed by atoms with van der Waals surface area (Å²) in [5.41, 5.74) is 0. The first-order valence-corrected chi connectivity index (χ1v) is 4.02. The third-order valence-corrected chi connectivity index (χ3v) is 1.51. The Bertz CT molecular complexity index is 42.5. The summed E-state index contributed by atoms with van der Waals surface area (Å²) in [6.45, 7) is 2.58. The van der Waals surface area contributed by atoms with Crippen molar-refractivity contribution >= 4 is 51.4 Å². The number of aliphatic hydroxyl groups is 1. The quantitative estimate of drug-likeness (QED) is 0.476. The maximum absolute atomic E-state index is 8.42. The van der Waals surface area contributed by atoms with Gasteiger partial charge < -0.3 is 5.11 Å². The predicted octanol–water partition coefficient (Wildman–Crippen LogP) is 1.96. The molecule has 57 valence electrons. The first kappa shape index (κ1) is 14.1. The number of hydrogen-bond donors (Lipinski definition) is 1. The van der Waals surface area contributed by atoms with E-state index in [1.807, 2.05) is 0 Å². The van der Waals surface area contributed by atoms with Crippen LogP contribution in [-0.2, 0) is 0 Å². The maximum atomic E-state index is 8.42. The first-order chi connectivity index (χ1) is 4.41. The van der Waals surface area contributed by atoms with Crippen molar-refractivity contribution in [3.05, 3.63) is 0 Å². The Hall–Kier alpha value is 1.60. The van der Waals surface area contributed by atoms with Crippen molar-refractivity contribution in [3.8, 4) is 0 Å². The van der Waals surface area contributed by atoms with Crippen molar-refractivity contribution in [1.29, 1.82) is 0 Å². The summed E-state index contributed by atoms with van der Waals surface area (Å²) in [5, 5.41) is 8.42. The molecule has 0 spiro atoms. The average Bonchev–Trinajstić information content (AvgIpc) is 1.89. The third kappa shape index (κ3) is 12.3. The van der Waals surface area contributed by atoms with Crippen molar-refractivity contribution in [3.63, 3.8) is 0 Å². The fraction of sp³-hybridized carbons (Fsp3) is 1.00. The minimum absolute atomic E-state index is 0. The van der Waals surface area contributed by atoms with Crippen LogP contribution in [0.25, 0.3) is 0 Å². The third-order valence-electron chi connectivity index (χ3n) is 1.51. The monoisotopic (exact) mass is 169 g/mol. The van der Waals surface area contributed by atoms with Crippen molar-refractivity contribution in [2.45, 2.75) is 45.4 Å².